The van der Waals surface area contributed by atoms with E-state index in [0.29, 0.717) is 22.9 Å². The smallest absolute Gasteiger partial charge is 0.287 e. The second-order valence-electron chi connectivity index (χ2n) is 5.24. The third kappa shape index (κ3) is 4.15. The number of hydrogen-bond acceptors (Lipinski definition) is 3. The predicted octanol–water partition coefficient (Wildman–Crippen LogP) is 4.06. The van der Waals surface area contributed by atoms with Crippen LogP contribution in [0.15, 0.2) is 22.6 Å². The van der Waals surface area contributed by atoms with Gasteiger partial charge in [0.15, 0.2) is 5.76 Å². The van der Waals surface area contributed by atoms with E-state index in [1.165, 1.54) is 0 Å². The number of amides is 1. The number of hydrogen-bond donors (Lipinski definition) is 2. The molecule has 122 valence electrons. The SMILES string of the molecule is CCCCC(CN)NC(=O)c1oc2ccc(Cl)cc2c1C.Cl. The highest BCUT2D eigenvalue weighted by molar-refractivity contribution is 6.31. The van der Waals surface area contributed by atoms with Crippen LogP contribution in [0.2, 0.25) is 5.02 Å². The van der Waals surface area contributed by atoms with E-state index in [9.17, 15) is 4.79 Å². The first kappa shape index (κ1) is 18.8. The Kier molecular flexibility index (Phi) is 7.20. The quantitative estimate of drug-likeness (QED) is 0.829. The molecular weight excluding hydrogens is 323 g/mol. The summed E-state index contributed by atoms with van der Waals surface area (Å²) in [5, 5.41) is 4.44. The molecule has 3 N–H and O–H groups in total. The van der Waals surface area contributed by atoms with Gasteiger partial charge in [0.2, 0.25) is 0 Å². The molecule has 1 aromatic carbocycles. The van der Waals surface area contributed by atoms with Gasteiger partial charge in [0.1, 0.15) is 5.58 Å². The molecule has 0 fully saturated rings. The van der Waals surface area contributed by atoms with Crippen molar-refractivity contribution in [3.8, 4) is 0 Å². The van der Waals surface area contributed by atoms with Crippen molar-refractivity contribution in [3.63, 3.8) is 0 Å². The van der Waals surface area contributed by atoms with Gasteiger partial charge in [0.05, 0.1) is 0 Å². The van der Waals surface area contributed by atoms with Crippen LogP contribution in [0.1, 0.15) is 42.3 Å². The molecule has 0 spiro atoms. The fourth-order valence-electron chi connectivity index (χ4n) is 2.36. The normalized spacial score (nSPS) is 12.0. The first-order chi connectivity index (χ1) is 10.1. The third-order valence-electron chi connectivity index (χ3n) is 3.63. The van der Waals surface area contributed by atoms with Gasteiger partial charge >= 0.3 is 0 Å². The zero-order valence-electron chi connectivity index (χ0n) is 12.8. The molecule has 0 bridgehead atoms. The van der Waals surface area contributed by atoms with Crippen LogP contribution >= 0.6 is 24.0 Å². The number of nitrogens with two attached hydrogens (primary N) is 1. The summed E-state index contributed by atoms with van der Waals surface area (Å²) in [7, 11) is 0. The van der Waals surface area contributed by atoms with Crippen LogP contribution in [0.3, 0.4) is 0 Å². The fourth-order valence-corrected chi connectivity index (χ4v) is 2.53. The van der Waals surface area contributed by atoms with Crippen LogP contribution in [0.4, 0.5) is 0 Å². The Morgan fingerprint density at radius 3 is 2.82 bits per heavy atom. The largest absolute Gasteiger partial charge is 0.451 e. The van der Waals surface area contributed by atoms with Gasteiger partial charge < -0.3 is 15.5 Å². The minimum absolute atomic E-state index is 0. The monoisotopic (exact) mass is 344 g/mol. The molecule has 0 aliphatic heterocycles. The number of benzene rings is 1. The van der Waals surface area contributed by atoms with E-state index in [-0.39, 0.29) is 24.4 Å². The van der Waals surface area contributed by atoms with E-state index in [1.54, 1.807) is 12.1 Å². The van der Waals surface area contributed by atoms with E-state index < -0.39 is 0 Å². The summed E-state index contributed by atoms with van der Waals surface area (Å²) in [4.78, 5) is 12.4. The number of unbranched alkanes of at least 4 members (excludes halogenated alkanes) is 1. The molecule has 1 aromatic heterocycles. The molecule has 1 heterocycles. The molecule has 22 heavy (non-hydrogen) atoms. The van der Waals surface area contributed by atoms with Crippen molar-refractivity contribution < 1.29 is 9.21 Å². The molecule has 0 aliphatic carbocycles. The van der Waals surface area contributed by atoms with Gasteiger partial charge in [-0.25, -0.2) is 0 Å². The molecule has 6 heteroatoms. The molecule has 4 nitrogen and oxygen atoms in total. The van der Waals surface area contributed by atoms with Gasteiger partial charge in [0.25, 0.3) is 5.91 Å². The number of fused-ring (bicyclic) bond motifs is 1. The Hall–Kier alpha value is -1.23. The highest BCUT2D eigenvalue weighted by atomic mass is 35.5. The average Bonchev–Trinajstić information content (AvgIpc) is 2.80. The minimum Gasteiger partial charge on any atom is -0.451 e. The lowest BCUT2D eigenvalue weighted by molar-refractivity contribution is 0.0909. The molecule has 2 aromatic rings. The lowest BCUT2D eigenvalue weighted by Gasteiger charge is -2.15. The summed E-state index contributed by atoms with van der Waals surface area (Å²) in [6, 6.07) is 5.31. The van der Waals surface area contributed by atoms with Gasteiger partial charge in [-0.05, 0) is 31.5 Å². The van der Waals surface area contributed by atoms with Gasteiger partial charge in [-0.1, -0.05) is 31.4 Å². The number of halogens is 2. The number of furan rings is 1. The number of rotatable bonds is 6. The van der Waals surface area contributed by atoms with Crippen LogP contribution in [0, 0.1) is 6.92 Å². The van der Waals surface area contributed by atoms with Crippen LogP contribution < -0.4 is 11.1 Å². The van der Waals surface area contributed by atoms with Crippen molar-refractivity contribution in [1.29, 1.82) is 0 Å². The Balaban J connectivity index is 0.00000242. The average molecular weight is 345 g/mol. The number of carbonyl (C=O) groups is 1. The lowest BCUT2D eigenvalue weighted by atomic mass is 10.1. The highest BCUT2D eigenvalue weighted by Gasteiger charge is 2.20. The molecule has 1 atom stereocenters. The van der Waals surface area contributed by atoms with Crippen molar-refractivity contribution in [1.82, 2.24) is 5.32 Å². The lowest BCUT2D eigenvalue weighted by Crippen LogP contribution is -2.40. The van der Waals surface area contributed by atoms with Crippen molar-refractivity contribution in [3.05, 3.63) is 34.5 Å². The summed E-state index contributed by atoms with van der Waals surface area (Å²) in [6.07, 6.45) is 3.00. The van der Waals surface area contributed by atoms with E-state index in [1.807, 2.05) is 13.0 Å². The zero-order chi connectivity index (χ0) is 15.4. The first-order valence-corrected chi connectivity index (χ1v) is 7.64. The Morgan fingerprint density at radius 2 is 2.18 bits per heavy atom. The molecule has 0 saturated heterocycles. The van der Waals surface area contributed by atoms with Crippen molar-refractivity contribution in [2.24, 2.45) is 5.73 Å². The number of aryl methyl sites for hydroxylation is 1. The van der Waals surface area contributed by atoms with Crippen LogP contribution in [-0.2, 0) is 0 Å². The van der Waals surface area contributed by atoms with Crippen molar-refractivity contribution in [2.45, 2.75) is 39.2 Å². The summed E-state index contributed by atoms with van der Waals surface area (Å²) in [5.41, 5.74) is 7.18. The highest BCUT2D eigenvalue weighted by Crippen LogP contribution is 2.27. The first-order valence-electron chi connectivity index (χ1n) is 7.26. The van der Waals surface area contributed by atoms with E-state index in [2.05, 4.69) is 12.2 Å². The second kappa shape index (κ2) is 8.42. The Labute approximate surface area is 141 Å². The van der Waals surface area contributed by atoms with E-state index in [4.69, 9.17) is 21.8 Å². The molecule has 1 unspecified atom stereocenters. The van der Waals surface area contributed by atoms with Crippen molar-refractivity contribution >= 4 is 40.9 Å². The van der Waals surface area contributed by atoms with Gasteiger partial charge in [-0.15, -0.1) is 12.4 Å². The minimum atomic E-state index is -0.216. The molecule has 0 aliphatic rings. The van der Waals surface area contributed by atoms with Crippen LogP contribution in [-0.4, -0.2) is 18.5 Å². The second-order valence-corrected chi connectivity index (χ2v) is 5.68. The maximum absolute atomic E-state index is 12.4. The number of nitrogens with one attached hydrogen (secondary N) is 1. The summed E-state index contributed by atoms with van der Waals surface area (Å²) < 4.78 is 5.65. The third-order valence-corrected chi connectivity index (χ3v) is 3.87. The molecule has 0 radical (unpaired) electrons. The number of carbonyl (C=O) groups excluding carboxylic acids is 1. The summed E-state index contributed by atoms with van der Waals surface area (Å²) in [6.45, 7) is 4.40. The van der Waals surface area contributed by atoms with Gasteiger partial charge in [0, 0.05) is 28.6 Å². The Morgan fingerprint density at radius 1 is 1.45 bits per heavy atom. The maximum Gasteiger partial charge on any atom is 0.287 e. The van der Waals surface area contributed by atoms with E-state index in [0.717, 1.165) is 30.2 Å². The molecular formula is C16H22Cl2N2O2. The standard InChI is InChI=1S/C16H21ClN2O2.ClH/c1-3-4-5-12(9-18)19-16(20)15-10(2)13-8-11(17)6-7-14(13)21-15;/h6-8,12H,3-5,9,18H2,1-2H3,(H,19,20);1H. The summed E-state index contributed by atoms with van der Waals surface area (Å²) in [5.74, 6) is 0.119. The van der Waals surface area contributed by atoms with Crippen molar-refractivity contribution in [2.75, 3.05) is 6.54 Å². The van der Waals surface area contributed by atoms with E-state index >= 15 is 0 Å². The summed E-state index contributed by atoms with van der Waals surface area (Å²) >= 11 is 5.98. The Bertz CT molecular complexity index is 640. The van der Waals surface area contributed by atoms with Crippen LogP contribution in [0.25, 0.3) is 11.0 Å². The van der Waals surface area contributed by atoms with Gasteiger partial charge in [-0.3, -0.25) is 4.79 Å². The molecule has 1 amide bonds. The maximum atomic E-state index is 12.4. The fraction of sp³-hybridized carbons (Fsp3) is 0.438. The molecule has 0 saturated carbocycles. The van der Waals surface area contributed by atoms with Gasteiger partial charge in [-0.2, -0.15) is 0 Å². The zero-order valence-corrected chi connectivity index (χ0v) is 14.4. The topological polar surface area (TPSA) is 68.3 Å². The predicted molar refractivity (Wildman–Crippen MR) is 93.0 cm³/mol. The van der Waals surface area contributed by atoms with Crippen LogP contribution in [0.5, 0.6) is 0 Å². The molecule has 2 rings (SSSR count).